The Morgan fingerprint density at radius 1 is 0.947 bits per heavy atom. The molecule has 5 nitrogen and oxygen atoms in total. The lowest BCUT2D eigenvalue weighted by Crippen LogP contribution is -2.15. The fourth-order valence-corrected chi connectivity index (χ4v) is 5.23. The smallest absolute Gasteiger partial charge is 0.341 e. The first-order valence-corrected chi connectivity index (χ1v) is 13.1. The van der Waals surface area contributed by atoms with E-state index in [9.17, 15) is 14.0 Å². The van der Waals surface area contributed by atoms with E-state index in [1.807, 2.05) is 50.2 Å². The van der Waals surface area contributed by atoms with Crippen LogP contribution < -0.4 is 5.32 Å². The van der Waals surface area contributed by atoms with E-state index in [2.05, 4.69) is 11.4 Å². The number of carbonyl (C=O) groups is 2. The Morgan fingerprint density at radius 3 is 2.42 bits per heavy atom. The van der Waals surface area contributed by atoms with Crippen molar-refractivity contribution in [2.24, 2.45) is 0 Å². The summed E-state index contributed by atoms with van der Waals surface area (Å²) in [6.45, 7) is 5.99. The fourth-order valence-electron chi connectivity index (χ4n) is 4.28. The zero-order chi connectivity index (χ0) is 26.8. The predicted octanol–water partition coefficient (Wildman–Crippen LogP) is 7.82. The van der Waals surface area contributed by atoms with Gasteiger partial charge < -0.3 is 10.1 Å². The van der Waals surface area contributed by atoms with Crippen molar-refractivity contribution in [3.63, 3.8) is 0 Å². The lowest BCUT2D eigenvalue weighted by Gasteiger charge is -2.12. The first-order chi connectivity index (χ1) is 18.4. The highest BCUT2D eigenvalue weighted by molar-refractivity contribution is 7.15. The van der Waals surface area contributed by atoms with Crippen LogP contribution in [-0.4, -0.2) is 23.5 Å². The number of hydrogen-bond acceptors (Lipinski definition) is 5. The second kappa shape index (κ2) is 10.6. The Labute approximate surface area is 223 Å². The number of nitrogens with one attached hydrogen (secondary N) is 1. The minimum absolute atomic E-state index is 0.180. The molecule has 0 aliphatic rings. The first-order valence-electron chi connectivity index (χ1n) is 12.2. The molecule has 0 unspecified atom stereocenters. The lowest BCUT2D eigenvalue weighted by atomic mass is 10.0. The molecule has 2 heterocycles. The number of ether oxygens (including phenoxy) is 1. The minimum atomic E-state index is -0.557. The number of hydrogen-bond donors (Lipinski definition) is 1. The Morgan fingerprint density at radius 2 is 1.68 bits per heavy atom. The van der Waals surface area contributed by atoms with Crippen LogP contribution in [0.1, 0.15) is 38.8 Å². The molecule has 5 aromatic rings. The Bertz CT molecular complexity index is 1680. The molecule has 0 bridgehead atoms. The van der Waals surface area contributed by atoms with Crippen LogP contribution >= 0.6 is 11.3 Å². The third-order valence-corrected chi connectivity index (χ3v) is 7.31. The van der Waals surface area contributed by atoms with Crippen molar-refractivity contribution in [3.8, 4) is 22.4 Å². The maximum atomic E-state index is 13.7. The van der Waals surface area contributed by atoms with Crippen molar-refractivity contribution in [2.75, 3.05) is 11.9 Å². The second-order valence-electron chi connectivity index (χ2n) is 8.91. The predicted molar refractivity (Wildman–Crippen MR) is 150 cm³/mol. The summed E-state index contributed by atoms with van der Waals surface area (Å²) >= 11 is 1.22. The van der Waals surface area contributed by atoms with E-state index in [0.29, 0.717) is 38.3 Å². The Kier molecular flexibility index (Phi) is 7.03. The molecule has 3 aromatic carbocycles. The summed E-state index contributed by atoms with van der Waals surface area (Å²) in [7, 11) is 0. The molecule has 7 heteroatoms. The van der Waals surface area contributed by atoms with Gasteiger partial charge >= 0.3 is 5.97 Å². The van der Waals surface area contributed by atoms with Crippen molar-refractivity contribution in [2.45, 2.75) is 20.8 Å². The van der Waals surface area contributed by atoms with Gasteiger partial charge in [-0.15, -0.1) is 11.3 Å². The number of halogens is 1. The lowest BCUT2D eigenvalue weighted by molar-refractivity contribution is 0.0529. The van der Waals surface area contributed by atoms with Gasteiger partial charge in [0.2, 0.25) is 0 Å². The second-order valence-corrected chi connectivity index (χ2v) is 9.79. The van der Waals surface area contributed by atoms with Crippen LogP contribution in [0.2, 0.25) is 0 Å². The number of para-hydroxylation sites is 1. The fraction of sp³-hybridized carbons (Fsp3) is 0.129. The summed E-state index contributed by atoms with van der Waals surface area (Å²) in [6.07, 6.45) is 0. The van der Waals surface area contributed by atoms with Crippen molar-refractivity contribution >= 4 is 39.1 Å². The van der Waals surface area contributed by atoms with Crippen molar-refractivity contribution in [3.05, 3.63) is 106 Å². The monoisotopic (exact) mass is 524 g/mol. The summed E-state index contributed by atoms with van der Waals surface area (Å²) in [5.41, 5.74) is 6.49. The number of aromatic nitrogens is 1. The summed E-state index contributed by atoms with van der Waals surface area (Å²) in [6, 6.07) is 21.2. The Hall–Kier alpha value is -4.36. The molecule has 0 aliphatic heterocycles. The van der Waals surface area contributed by atoms with Gasteiger partial charge in [0.25, 0.3) is 5.91 Å². The summed E-state index contributed by atoms with van der Waals surface area (Å²) in [4.78, 5) is 31.5. The number of aryl methyl sites for hydroxylation is 2. The number of thiophene rings is 1. The van der Waals surface area contributed by atoms with Crippen LogP contribution in [-0.2, 0) is 4.74 Å². The largest absolute Gasteiger partial charge is 0.462 e. The highest BCUT2D eigenvalue weighted by atomic mass is 32.1. The van der Waals surface area contributed by atoms with E-state index in [1.54, 1.807) is 30.5 Å². The standard InChI is InChI=1S/C31H25FN2O3S/c1-4-37-31(36)28-25(20-11-13-22(32)14-12-20)17-38-30(28)34-29(35)24-16-27(21-10-9-18(2)19(3)15-21)33-26-8-6-5-7-23(24)26/h5-17H,4H2,1-3H3,(H,34,35). The van der Waals surface area contributed by atoms with Gasteiger partial charge in [0.15, 0.2) is 0 Å². The van der Waals surface area contributed by atoms with Gasteiger partial charge in [0.05, 0.1) is 23.4 Å². The van der Waals surface area contributed by atoms with E-state index < -0.39 is 5.97 Å². The molecule has 0 spiro atoms. The Balaban J connectivity index is 1.58. The molecular formula is C31H25FN2O3S. The third kappa shape index (κ3) is 4.93. The molecule has 2 aromatic heterocycles. The van der Waals surface area contributed by atoms with Gasteiger partial charge in [0, 0.05) is 21.9 Å². The number of esters is 1. The van der Waals surface area contributed by atoms with Gasteiger partial charge in [-0.2, -0.15) is 0 Å². The average molecular weight is 525 g/mol. The van der Waals surface area contributed by atoms with Crippen LogP contribution in [0.25, 0.3) is 33.3 Å². The van der Waals surface area contributed by atoms with Crippen molar-refractivity contribution in [1.29, 1.82) is 0 Å². The first kappa shape index (κ1) is 25.3. The molecule has 1 N–H and O–H groups in total. The van der Waals surface area contributed by atoms with Gasteiger partial charge in [-0.3, -0.25) is 4.79 Å². The molecular weight excluding hydrogens is 499 g/mol. The molecule has 190 valence electrons. The molecule has 0 saturated carbocycles. The zero-order valence-corrected chi connectivity index (χ0v) is 22.0. The third-order valence-electron chi connectivity index (χ3n) is 6.42. The number of nitrogens with zero attached hydrogens (tertiary/aromatic N) is 1. The van der Waals surface area contributed by atoms with Gasteiger partial charge in [-0.1, -0.05) is 42.5 Å². The quantitative estimate of drug-likeness (QED) is 0.230. The number of pyridine rings is 1. The molecule has 5 rings (SSSR count). The van der Waals surface area contributed by atoms with E-state index >= 15 is 0 Å². The van der Waals surface area contributed by atoms with Crippen molar-refractivity contribution < 1.29 is 18.7 Å². The number of anilines is 1. The topological polar surface area (TPSA) is 68.3 Å². The van der Waals surface area contributed by atoms with Crippen LogP contribution in [0.3, 0.4) is 0 Å². The number of fused-ring (bicyclic) bond motifs is 1. The van der Waals surface area contributed by atoms with E-state index in [4.69, 9.17) is 9.72 Å². The highest BCUT2D eigenvalue weighted by Crippen LogP contribution is 2.37. The molecule has 0 atom stereocenters. The van der Waals surface area contributed by atoms with Crippen LogP contribution in [0, 0.1) is 19.7 Å². The van der Waals surface area contributed by atoms with Gasteiger partial charge in [-0.25, -0.2) is 14.2 Å². The summed E-state index contributed by atoms with van der Waals surface area (Å²) in [5, 5.41) is 5.76. The average Bonchev–Trinajstić information content (AvgIpc) is 3.33. The molecule has 38 heavy (non-hydrogen) atoms. The van der Waals surface area contributed by atoms with E-state index in [-0.39, 0.29) is 23.9 Å². The van der Waals surface area contributed by atoms with Gasteiger partial charge in [0.1, 0.15) is 16.4 Å². The summed E-state index contributed by atoms with van der Waals surface area (Å²) in [5.74, 6) is -1.30. The SMILES string of the molecule is CCOC(=O)c1c(-c2ccc(F)cc2)csc1NC(=O)c1cc(-c2ccc(C)c(C)c2)nc2ccccc12. The van der Waals surface area contributed by atoms with E-state index in [0.717, 1.165) is 11.1 Å². The maximum Gasteiger partial charge on any atom is 0.341 e. The molecule has 0 radical (unpaired) electrons. The van der Waals surface area contributed by atoms with Crippen LogP contribution in [0.5, 0.6) is 0 Å². The minimum Gasteiger partial charge on any atom is -0.462 e. The van der Waals surface area contributed by atoms with Crippen LogP contribution in [0.4, 0.5) is 9.39 Å². The number of rotatable bonds is 6. The van der Waals surface area contributed by atoms with Gasteiger partial charge in [-0.05, 0) is 67.8 Å². The zero-order valence-electron chi connectivity index (χ0n) is 21.2. The molecule has 0 aliphatic carbocycles. The van der Waals surface area contributed by atoms with Crippen molar-refractivity contribution in [1.82, 2.24) is 4.98 Å². The maximum absolute atomic E-state index is 13.7. The van der Waals surface area contributed by atoms with Crippen LogP contribution in [0.15, 0.2) is 78.2 Å². The van der Waals surface area contributed by atoms with E-state index in [1.165, 1.54) is 29.0 Å². The number of carbonyl (C=O) groups excluding carboxylic acids is 2. The number of benzene rings is 3. The number of amides is 1. The molecule has 0 fully saturated rings. The normalized spacial score (nSPS) is 10.9. The molecule has 0 saturated heterocycles. The highest BCUT2D eigenvalue weighted by Gasteiger charge is 2.24. The summed E-state index contributed by atoms with van der Waals surface area (Å²) < 4.78 is 18.8. The molecule has 1 amide bonds.